The van der Waals surface area contributed by atoms with E-state index < -0.39 is 0 Å². The van der Waals surface area contributed by atoms with Gasteiger partial charge in [-0.2, -0.15) is 0 Å². The number of fused-ring (bicyclic) bond motifs is 2. The fourth-order valence-corrected chi connectivity index (χ4v) is 3.68. The minimum atomic E-state index is 0.0212. The summed E-state index contributed by atoms with van der Waals surface area (Å²) < 4.78 is 12.1. The van der Waals surface area contributed by atoms with Crippen molar-refractivity contribution in [1.82, 2.24) is 4.98 Å². The lowest BCUT2D eigenvalue weighted by atomic mass is 10.1. The summed E-state index contributed by atoms with van der Waals surface area (Å²) >= 11 is 1.46. The van der Waals surface area contributed by atoms with Crippen LogP contribution in [-0.4, -0.2) is 24.1 Å². The number of nitrogens with one attached hydrogen (secondary N) is 1. The highest BCUT2D eigenvalue weighted by atomic mass is 32.1. The van der Waals surface area contributed by atoms with Gasteiger partial charge in [0.1, 0.15) is 13.2 Å². The van der Waals surface area contributed by atoms with E-state index >= 15 is 0 Å². The Morgan fingerprint density at radius 3 is 2.91 bits per heavy atom. The Bertz CT molecular complexity index is 710. The summed E-state index contributed by atoms with van der Waals surface area (Å²) in [5, 5.41) is 3.53. The Balaban J connectivity index is 1.52. The van der Waals surface area contributed by atoms with Gasteiger partial charge in [0.2, 0.25) is 5.91 Å². The van der Waals surface area contributed by atoms with Crippen LogP contribution in [0.15, 0.2) is 24.3 Å². The number of carbonyl (C=O) groups excluding carboxylic acids is 1. The standard InChI is InChI=1S/C16H16N2O3S/c19-15(7-10-3-1-2-4-10)18-16-17-11-8-12-13(9-14(11)22-16)21-6-5-20-12/h1,3,8-10H,2,4-7H2,(H,17,18,19). The van der Waals surface area contributed by atoms with Gasteiger partial charge in [0, 0.05) is 18.6 Å². The number of aromatic nitrogens is 1. The highest BCUT2D eigenvalue weighted by Crippen LogP contribution is 2.37. The molecule has 1 aromatic carbocycles. The summed E-state index contributed by atoms with van der Waals surface area (Å²) in [6.45, 7) is 1.12. The number of ether oxygens (including phenoxy) is 2. The summed E-state index contributed by atoms with van der Waals surface area (Å²) in [6, 6.07) is 3.80. The minimum absolute atomic E-state index is 0.0212. The lowest BCUT2D eigenvalue weighted by molar-refractivity contribution is -0.116. The molecule has 1 N–H and O–H groups in total. The summed E-state index contributed by atoms with van der Waals surface area (Å²) in [6.07, 6.45) is 6.93. The first kappa shape index (κ1) is 13.6. The van der Waals surface area contributed by atoms with E-state index in [1.54, 1.807) is 0 Å². The highest BCUT2D eigenvalue weighted by Gasteiger charge is 2.17. The topological polar surface area (TPSA) is 60.5 Å². The number of hydrogen-bond donors (Lipinski definition) is 1. The molecule has 0 bridgehead atoms. The lowest BCUT2D eigenvalue weighted by Gasteiger charge is -2.17. The molecule has 0 radical (unpaired) electrons. The second kappa shape index (κ2) is 5.61. The van der Waals surface area contributed by atoms with Crippen LogP contribution in [0.5, 0.6) is 11.5 Å². The average Bonchev–Trinajstić information content (AvgIpc) is 3.13. The van der Waals surface area contributed by atoms with E-state index in [1.165, 1.54) is 11.3 Å². The van der Waals surface area contributed by atoms with Crippen LogP contribution in [0.3, 0.4) is 0 Å². The summed E-state index contributed by atoms with van der Waals surface area (Å²) in [5.74, 6) is 1.85. The van der Waals surface area contributed by atoms with Gasteiger partial charge in [0.25, 0.3) is 0 Å². The molecule has 114 valence electrons. The van der Waals surface area contributed by atoms with Crippen LogP contribution in [0.2, 0.25) is 0 Å². The number of amides is 1. The van der Waals surface area contributed by atoms with E-state index in [2.05, 4.69) is 22.5 Å². The summed E-state index contributed by atoms with van der Waals surface area (Å²) in [4.78, 5) is 16.5. The van der Waals surface area contributed by atoms with Gasteiger partial charge in [0.05, 0.1) is 10.2 Å². The molecule has 22 heavy (non-hydrogen) atoms. The van der Waals surface area contributed by atoms with Crippen molar-refractivity contribution in [3.8, 4) is 11.5 Å². The van der Waals surface area contributed by atoms with E-state index in [-0.39, 0.29) is 5.91 Å². The molecule has 1 aliphatic heterocycles. The molecule has 2 aromatic rings. The van der Waals surface area contributed by atoms with E-state index in [4.69, 9.17) is 9.47 Å². The number of thiazole rings is 1. The maximum Gasteiger partial charge on any atom is 0.226 e. The SMILES string of the molecule is O=C(CC1C=CCC1)Nc1nc2cc3c(cc2s1)OCCO3. The van der Waals surface area contributed by atoms with Crippen molar-refractivity contribution in [2.75, 3.05) is 18.5 Å². The third-order valence-corrected chi connectivity index (χ3v) is 4.79. The molecule has 1 atom stereocenters. The average molecular weight is 316 g/mol. The fourth-order valence-electron chi connectivity index (χ4n) is 2.79. The number of rotatable bonds is 3. The maximum absolute atomic E-state index is 12.1. The molecule has 1 aromatic heterocycles. The Kier molecular flexibility index (Phi) is 3.46. The predicted molar refractivity (Wildman–Crippen MR) is 85.7 cm³/mol. The Labute approximate surface area is 131 Å². The van der Waals surface area contributed by atoms with Crippen molar-refractivity contribution in [3.05, 3.63) is 24.3 Å². The zero-order valence-electron chi connectivity index (χ0n) is 12.0. The van der Waals surface area contributed by atoms with Crippen molar-refractivity contribution in [2.24, 2.45) is 5.92 Å². The molecule has 1 amide bonds. The van der Waals surface area contributed by atoms with Gasteiger partial charge in [0.15, 0.2) is 16.6 Å². The van der Waals surface area contributed by atoms with Crippen molar-refractivity contribution in [1.29, 1.82) is 0 Å². The molecule has 0 spiro atoms. The Hall–Kier alpha value is -2.08. The first-order valence-corrected chi connectivity index (χ1v) is 8.26. The third-order valence-electron chi connectivity index (χ3n) is 3.86. The summed E-state index contributed by atoms with van der Waals surface area (Å²) in [5.41, 5.74) is 0.824. The monoisotopic (exact) mass is 316 g/mol. The molecule has 6 heteroatoms. The van der Waals surface area contributed by atoms with E-state index in [0.717, 1.165) is 34.6 Å². The first-order chi connectivity index (χ1) is 10.8. The van der Waals surface area contributed by atoms with Crippen LogP contribution < -0.4 is 14.8 Å². The predicted octanol–water partition coefficient (Wildman–Crippen LogP) is 3.36. The van der Waals surface area contributed by atoms with E-state index in [0.29, 0.717) is 30.7 Å². The Morgan fingerprint density at radius 1 is 1.32 bits per heavy atom. The molecule has 2 heterocycles. The minimum Gasteiger partial charge on any atom is -0.486 e. The van der Waals surface area contributed by atoms with Gasteiger partial charge in [-0.05, 0) is 18.8 Å². The van der Waals surface area contributed by atoms with Crippen LogP contribution in [0.4, 0.5) is 5.13 Å². The number of hydrogen-bond acceptors (Lipinski definition) is 5. The van der Waals surface area contributed by atoms with Crippen molar-refractivity contribution in [3.63, 3.8) is 0 Å². The second-order valence-electron chi connectivity index (χ2n) is 5.50. The van der Waals surface area contributed by atoms with Gasteiger partial charge in [-0.3, -0.25) is 4.79 Å². The first-order valence-electron chi connectivity index (χ1n) is 7.44. The molecular formula is C16H16N2O3S. The number of allylic oxidation sites excluding steroid dienone is 2. The van der Waals surface area contributed by atoms with Crippen LogP contribution in [0.25, 0.3) is 10.2 Å². The van der Waals surface area contributed by atoms with Gasteiger partial charge in [-0.25, -0.2) is 4.98 Å². The van der Waals surface area contributed by atoms with Crippen LogP contribution in [0, 0.1) is 5.92 Å². The van der Waals surface area contributed by atoms with Crippen LogP contribution >= 0.6 is 11.3 Å². The largest absolute Gasteiger partial charge is 0.486 e. The molecule has 0 saturated carbocycles. The molecule has 5 nitrogen and oxygen atoms in total. The van der Waals surface area contributed by atoms with E-state index in [1.807, 2.05) is 12.1 Å². The zero-order valence-corrected chi connectivity index (χ0v) is 12.8. The fraction of sp³-hybridized carbons (Fsp3) is 0.375. The van der Waals surface area contributed by atoms with Gasteiger partial charge in [-0.1, -0.05) is 23.5 Å². The summed E-state index contributed by atoms with van der Waals surface area (Å²) in [7, 11) is 0. The second-order valence-corrected chi connectivity index (χ2v) is 6.53. The quantitative estimate of drug-likeness (QED) is 0.882. The number of benzene rings is 1. The zero-order chi connectivity index (χ0) is 14.9. The number of carbonyl (C=O) groups is 1. The molecule has 4 rings (SSSR count). The third kappa shape index (κ3) is 2.66. The maximum atomic E-state index is 12.1. The van der Waals surface area contributed by atoms with Crippen LogP contribution in [0.1, 0.15) is 19.3 Å². The number of anilines is 1. The number of nitrogens with zero attached hydrogens (tertiary/aromatic N) is 1. The molecule has 0 fully saturated rings. The molecule has 0 saturated heterocycles. The van der Waals surface area contributed by atoms with Crippen molar-refractivity contribution >= 4 is 32.6 Å². The Morgan fingerprint density at radius 2 is 2.14 bits per heavy atom. The molecular weight excluding hydrogens is 300 g/mol. The van der Waals surface area contributed by atoms with Gasteiger partial charge in [-0.15, -0.1) is 0 Å². The van der Waals surface area contributed by atoms with Crippen molar-refractivity contribution < 1.29 is 14.3 Å². The van der Waals surface area contributed by atoms with Crippen LogP contribution in [-0.2, 0) is 4.79 Å². The molecule has 2 aliphatic rings. The smallest absolute Gasteiger partial charge is 0.226 e. The normalized spacial score (nSPS) is 19.5. The van der Waals surface area contributed by atoms with E-state index in [9.17, 15) is 4.79 Å². The highest BCUT2D eigenvalue weighted by molar-refractivity contribution is 7.22. The van der Waals surface area contributed by atoms with Gasteiger partial charge < -0.3 is 14.8 Å². The lowest BCUT2D eigenvalue weighted by Crippen LogP contribution is -2.15. The van der Waals surface area contributed by atoms with Gasteiger partial charge >= 0.3 is 0 Å². The molecule has 1 aliphatic carbocycles. The molecule has 1 unspecified atom stereocenters. The van der Waals surface area contributed by atoms with Crippen molar-refractivity contribution in [2.45, 2.75) is 19.3 Å².